The quantitative estimate of drug-likeness (QED) is 0.547. The molecule has 4 heteroatoms. The van der Waals surface area contributed by atoms with Crippen LogP contribution in [0.2, 0.25) is 0 Å². The summed E-state index contributed by atoms with van der Waals surface area (Å²) in [5.41, 5.74) is 3.35. The fraction of sp³-hybridized carbons (Fsp3) is 0.0909. The predicted molar refractivity (Wildman–Crippen MR) is 111 cm³/mol. The number of fused-ring (bicyclic) bond motifs is 2. The molecule has 0 unspecified atom stereocenters. The molecule has 128 valence electrons. The summed E-state index contributed by atoms with van der Waals surface area (Å²) < 4.78 is 0. The van der Waals surface area contributed by atoms with Gasteiger partial charge < -0.3 is 4.90 Å². The highest BCUT2D eigenvalue weighted by Crippen LogP contribution is 2.27. The Morgan fingerprint density at radius 1 is 1.00 bits per heavy atom. The molecular formula is C22H18N2OS. The molecule has 0 fully saturated rings. The number of anilines is 1. The van der Waals surface area contributed by atoms with Crippen molar-refractivity contribution in [1.29, 1.82) is 0 Å². The van der Waals surface area contributed by atoms with Gasteiger partial charge in [-0.3, -0.25) is 10.1 Å². The molecule has 1 amide bonds. The van der Waals surface area contributed by atoms with E-state index in [4.69, 9.17) is 12.2 Å². The molecule has 1 heterocycles. The standard InChI is InChI=1S/C22H18N2OS/c25-21(13-12-17-9-5-8-16-6-1-3-10-19(16)17)23-22(26)24-15-14-18-7-2-4-11-20(18)24/h1-13H,14-15H2,(H,23,25,26)/b13-12+. The maximum atomic E-state index is 12.3. The molecular weight excluding hydrogens is 340 g/mol. The highest BCUT2D eigenvalue weighted by atomic mass is 32.1. The first kappa shape index (κ1) is 16.5. The zero-order chi connectivity index (χ0) is 17.9. The summed E-state index contributed by atoms with van der Waals surface area (Å²) >= 11 is 5.43. The Balaban J connectivity index is 1.47. The van der Waals surface area contributed by atoms with E-state index in [-0.39, 0.29) is 5.91 Å². The van der Waals surface area contributed by atoms with E-state index >= 15 is 0 Å². The molecule has 0 bridgehead atoms. The van der Waals surface area contributed by atoms with Gasteiger partial charge in [-0.1, -0.05) is 60.7 Å². The van der Waals surface area contributed by atoms with Crippen molar-refractivity contribution in [1.82, 2.24) is 5.32 Å². The number of hydrogen-bond donors (Lipinski definition) is 1. The van der Waals surface area contributed by atoms with E-state index < -0.39 is 0 Å². The van der Waals surface area contributed by atoms with Gasteiger partial charge in [0.2, 0.25) is 5.91 Å². The van der Waals surface area contributed by atoms with Gasteiger partial charge in [0.25, 0.3) is 0 Å². The topological polar surface area (TPSA) is 32.3 Å². The lowest BCUT2D eigenvalue weighted by atomic mass is 10.0. The number of thiocarbonyl (C=S) groups is 1. The van der Waals surface area contributed by atoms with Crippen molar-refractivity contribution in [3.63, 3.8) is 0 Å². The number of carbonyl (C=O) groups excluding carboxylic acids is 1. The van der Waals surface area contributed by atoms with Crippen LogP contribution in [0.1, 0.15) is 11.1 Å². The molecule has 0 saturated heterocycles. The summed E-state index contributed by atoms with van der Waals surface area (Å²) in [6.07, 6.45) is 4.31. The van der Waals surface area contributed by atoms with Crippen molar-refractivity contribution < 1.29 is 4.79 Å². The third-order valence-corrected chi connectivity index (χ3v) is 4.92. The molecule has 0 aromatic heterocycles. The first-order valence-electron chi connectivity index (χ1n) is 8.58. The van der Waals surface area contributed by atoms with Crippen molar-refractivity contribution in [3.8, 4) is 0 Å². The first-order chi connectivity index (χ1) is 12.7. The lowest BCUT2D eigenvalue weighted by Gasteiger charge is -2.19. The van der Waals surface area contributed by atoms with Gasteiger partial charge in [-0.05, 0) is 52.7 Å². The number of para-hydroxylation sites is 1. The molecule has 3 aromatic carbocycles. The van der Waals surface area contributed by atoms with E-state index in [1.165, 1.54) is 11.6 Å². The normalized spacial score (nSPS) is 13.2. The van der Waals surface area contributed by atoms with E-state index in [0.717, 1.165) is 35.0 Å². The van der Waals surface area contributed by atoms with Gasteiger partial charge in [0, 0.05) is 18.3 Å². The average molecular weight is 358 g/mol. The maximum Gasteiger partial charge on any atom is 0.250 e. The van der Waals surface area contributed by atoms with Crippen LogP contribution in [-0.4, -0.2) is 17.6 Å². The summed E-state index contributed by atoms with van der Waals surface area (Å²) in [6.45, 7) is 0.797. The number of hydrogen-bond acceptors (Lipinski definition) is 2. The zero-order valence-corrected chi connectivity index (χ0v) is 15.0. The number of benzene rings is 3. The Morgan fingerprint density at radius 2 is 1.77 bits per heavy atom. The number of carbonyl (C=O) groups is 1. The number of amides is 1. The molecule has 0 aliphatic carbocycles. The van der Waals surface area contributed by atoms with Gasteiger partial charge in [0.15, 0.2) is 5.11 Å². The van der Waals surface area contributed by atoms with Crippen molar-refractivity contribution in [2.24, 2.45) is 0 Å². The van der Waals surface area contributed by atoms with E-state index in [2.05, 4.69) is 29.6 Å². The van der Waals surface area contributed by atoms with E-state index in [1.54, 1.807) is 0 Å². The van der Waals surface area contributed by atoms with Gasteiger partial charge in [-0.15, -0.1) is 0 Å². The van der Waals surface area contributed by atoms with Crippen LogP contribution in [0.15, 0.2) is 72.8 Å². The minimum atomic E-state index is -0.215. The number of nitrogens with zero attached hydrogens (tertiary/aromatic N) is 1. The fourth-order valence-electron chi connectivity index (χ4n) is 3.33. The Kier molecular flexibility index (Phi) is 4.50. The highest BCUT2D eigenvalue weighted by molar-refractivity contribution is 7.80. The van der Waals surface area contributed by atoms with Crippen LogP contribution in [0, 0.1) is 0 Å². The van der Waals surface area contributed by atoms with Gasteiger partial charge in [0.05, 0.1) is 0 Å². The molecule has 0 saturated carbocycles. The molecule has 0 spiro atoms. The maximum absolute atomic E-state index is 12.3. The minimum absolute atomic E-state index is 0.215. The Labute approximate surface area is 157 Å². The lowest BCUT2D eigenvalue weighted by molar-refractivity contribution is -0.115. The van der Waals surface area contributed by atoms with Crippen molar-refractivity contribution in [2.45, 2.75) is 6.42 Å². The van der Waals surface area contributed by atoms with E-state index in [9.17, 15) is 4.79 Å². The lowest BCUT2D eigenvalue weighted by Crippen LogP contribution is -2.41. The van der Waals surface area contributed by atoms with Gasteiger partial charge in [-0.25, -0.2) is 0 Å². The van der Waals surface area contributed by atoms with Crippen LogP contribution in [0.4, 0.5) is 5.69 Å². The second-order valence-electron chi connectivity index (χ2n) is 6.23. The monoisotopic (exact) mass is 358 g/mol. The predicted octanol–water partition coefficient (Wildman–Crippen LogP) is 4.32. The van der Waals surface area contributed by atoms with Crippen LogP contribution in [0.5, 0.6) is 0 Å². The van der Waals surface area contributed by atoms with Crippen molar-refractivity contribution >= 4 is 45.8 Å². The van der Waals surface area contributed by atoms with E-state index in [0.29, 0.717) is 5.11 Å². The Morgan fingerprint density at radius 3 is 2.69 bits per heavy atom. The third kappa shape index (κ3) is 3.24. The highest BCUT2D eigenvalue weighted by Gasteiger charge is 2.22. The van der Waals surface area contributed by atoms with Gasteiger partial charge in [0.1, 0.15) is 0 Å². The van der Waals surface area contributed by atoms with Gasteiger partial charge in [-0.2, -0.15) is 0 Å². The van der Waals surface area contributed by atoms with Crippen LogP contribution < -0.4 is 10.2 Å². The molecule has 3 nitrogen and oxygen atoms in total. The van der Waals surface area contributed by atoms with Gasteiger partial charge >= 0.3 is 0 Å². The summed E-state index contributed by atoms with van der Waals surface area (Å²) in [7, 11) is 0. The summed E-state index contributed by atoms with van der Waals surface area (Å²) in [5.74, 6) is -0.215. The summed E-state index contributed by atoms with van der Waals surface area (Å²) in [5, 5.41) is 5.53. The van der Waals surface area contributed by atoms with Crippen LogP contribution in [-0.2, 0) is 11.2 Å². The smallest absolute Gasteiger partial charge is 0.250 e. The van der Waals surface area contributed by atoms with Crippen LogP contribution in [0.3, 0.4) is 0 Å². The summed E-state index contributed by atoms with van der Waals surface area (Å²) in [4.78, 5) is 14.3. The Hall–Kier alpha value is -2.98. The largest absolute Gasteiger partial charge is 0.318 e. The molecule has 1 N–H and O–H groups in total. The van der Waals surface area contributed by atoms with E-state index in [1.807, 2.05) is 53.4 Å². The molecule has 0 atom stereocenters. The molecule has 1 aliphatic heterocycles. The van der Waals surface area contributed by atoms with Crippen LogP contribution in [0.25, 0.3) is 16.8 Å². The van der Waals surface area contributed by atoms with Crippen molar-refractivity contribution in [3.05, 3.63) is 83.9 Å². The van der Waals surface area contributed by atoms with Crippen LogP contribution >= 0.6 is 12.2 Å². The van der Waals surface area contributed by atoms with Crippen molar-refractivity contribution in [2.75, 3.05) is 11.4 Å². The zero-order valence-electron chi connectivity index (χ0n) is 14.2. The Bertz CT molecular complexity index is 1020. The summed E-state index contributed by atoms with van der Waals surface area (Å²) in [6, 6.07) is 22.3. The molecule has 0 radical (unpaired) electrons. The minimum Gasteiger partial charge on any atom is -0.318 e. The second-order valence-corrected chi connectivity index (χ2v) is 6.61. The molecule has 1 aliphatic rings. The average Bonchev–Trinajstić information content (AvgIpc) is 3.10. The number of nitrogens with one attached hydrogen (secondary N) is 1. The first-order valence-corrected chi connectivity index (χ1v) is 8.99. The molecule has 26 heavy (non-hydrogen) atoms. The SMILES string of the molecule is O=C(/C=C/c1cccc2ccccc12)NC(=S)N1CCc2ccccc21. The molecule has 3 aromatic rings. The molecule has 4 rings (SSSR count). The second kappa shape index (κ2) is 7.10. The number of rotatable bonds is 2. The third-order valence-electron chi connectivity index (χ3n) is 4.60. The fourth-order valence-corrected chi connectivity index (χ4v) is 3.62.